The van der Waals surface area contributed by atoms with Crippen LogP contribution in [0.1, 0.15) is 5.56 Å². The van der Waals surface area contributed by atoms with E-state index in [4.69, 9.17) is 26.4 Å². The van der Waals surface area contributed by atoms with E-state index in [2.05, 4.69) is 5.32 Å². The lowest BCUT2D eigenvalue weighted by Gasteiger charge is -2.15. The maximum absolute atomic E-state index is 10.7. The minimum atomic E-state index is -0.459. The van der Waals surface area contributed by atoms with Gasteiger partial charge in [-0.3, -0.25) is 10.1 Å². The number of thiocarbonyl (C=S) groups is 1. The van der Waals surface area contributed by atoms with E-state index in [-0.39, 0.29) is 5.69 Å². The summed E-state index contributed by atoms with van der Waals surface area (Å²) in [5, 5.41) is 13.7. The van der Waals surface area contributed by atoms with Crippen LogP contribution >= 0.6 is 12.2 Å². The third-order valence-electron chi connectivity index (χ3n) is 3.26. The molecule has 0 radical (unpaired) electrons. The molecule has 0 heterocycles. The number of nitro groups is 1. The molecule has 2 aromatic rings. The smallest absolute Gasteiger partial charge is 0.269 e. The number of non-ortho nitro benzene ring substituents is 1. The lowest BCUT2D eigenvalue weighted by molar-refractivity contribution is -0.384. The summed E-state index contributed by atoms with van der Waals surface area (Å²) < 4.78 is 15.8. The minimum absolute atomic E-state index is 0.00864. The Hall–Kier alpha value is -2.87. The van der Waals surface area contributed by atoms with Crippen molar-refractivity contribution in [2.24, 2.45) is 0 Å². The molecule has 0 amide bonds. The van der Waals surface area contributed by atoms with Gasteiger partial charge in [0.1, 0.15) is 4.99 Å². The molecule has 0 saturated carbocycles. The van der Waals surface area contributed by atoms with Crippen LogP contribution in [0.25, 0.3) is 0 Å². The zero-order chi connectivity index (χ0) is 17.7. The molecule has 126 valence electrons. The number of rotatable bonds is 6. The molecule has 2 aromatic carbocycles. The van der Waals surface area contributed by atoms with Crippen LogP contribution in [-0.2, 0) is 0 Å². The first-order valence-corrected chi connectivity index (χ1v) is 7.26. The van der Waals surface area contributed by atoms with Crippen molar-refractivity contribution in [2.45, 2.75) is 0 Å². The number of ether oxygens (including phenoxy) is 3. The summed E-state index contributed by atoms with van der Waals surface area (Å²) in [5.41, 5.74) is 1.31. The van der Waals surface area contributed by atoms with Crippen molar-refractivity contribution in [3.05, 3.63) is 52.1 Å². The molecule has 24 heavy (non-hydrogen) atoms. The van der Waals surface area contributed by atoms with Gasteiger partial charge in [0.25, 0.3) is 5.69 Å². The van der Waals surface area contributed by atoms with Crippen molar-refractivity contribution >= 4 is 28.6 Å². The van der Waals surface area contributed by atoms with Crippen LogP contribution in [-0.4, -0.2) is 31.2 Å². The standard InChI is InChI=1S/C16H16N2O5S/c1-21-13-8-11(9-14(22-2)15(13)23-3)17-16(24)10-4-6-12(7-5-10)18(19)20/h4-9H,1-3H3,(H,17,24). The van der Waals surface area contributed by atoms with E-state index < -0.39 is 4.92 Å². The Balaban J connectivity index is 2.26. The highest BCUT2D eigenvalue weighted by Gasteiger charge is 2.14. The summed E-state index contributed by atoms with van der Waals surface area (Å²) in [4.78, 5) is 10.6. The third-order valence-corrected chi connectivity index (χ3v) is 3.60. The molecule has 0 aliphatic heterocycles. The molecule has 0 saturated heterocycles. The van der Waals surface area contributed by atoms with Crippen molar-refractivity contribution in [3.8, 4) is 17.2 Å². The summed E-state index contributed by atoms with van der Waals surface area (Å²) in [6.45, 7) is 0. The molecule has 0 aliphatic rings. The van der Waals surface area contributed by atoms with Crippen molar-refractivity contribution in [1.82, 2.24) is 0 Å². The Morgan fingerprint density at radius 1 is 1.04 bits per heavy atom. The number of hydrogen-bond acceptors (Lipinski definition) is 6. The molecule has 7 nitrogen and oxygen atoms in total. The van der Waals surface area contributed by atoms with Crippen molar-refractivity contribution in [1.29, 1.82) is 0 Å². The SMILES string of the molecule is COc1cc(NC(=S)c2ccc([N+](=O)[O-])cc2)cc(OC)c1OC. The van der Waals surface area contributed by atoms with Gasteiger partial charge in [-0.05, 0) is 12.1 Å². The Kier molecular flexibility index (Phi) is 5.54. The average Bonchev–Trinajstić information content (AvgIpc) is 2.60. The fourth-order valence-corrected chi connectivity index (χ4v) is 2.34. The summed E-state index contributed by atoms with van der Waals surface area (Å²) >= 11 is 5.34. The van der Waals surface area contributed by atoms with Crippen molar-refractivity contribution in [3.63, 3.8) is 0 Å². The fraction of sp³-hybridized carbons (Fsp3) is 0.188. The van der Waals surface area contributed by atoms with E-state index in [1.807, 2.05) is 0 Å². The maximum atomic E-state index is 10.7. The van der Waals surface area contributed by atoms with Gasteiger partial charge in [0.15, 0.2) is 11.5 Å². The van der Waals surface area contributed by atoms with Crippen LogP contribution in [0.3, 0.4) is 0 Å². The highest BCUT2D eigenvalue weighted by Crippen LogP contribution is 2.40. The normalized spacial score (nSPS) is 9.96. The highest BCUT2D eigenvalue weighted by molar-refractivity contribution is 7.81. The van der Waals surface area contributed by atoms with Gasteiger partial charge in [-0.25, -0.2) is 0 Å². The van der Waals surface area contributed by atoms with Crippen LogP contribution in [0.2, 0.25) is 0 Å². The molecular formula is C16H16N2O5S. The lowest BCUT2D eigenvalue weighted by atomic mass is 10.2. The largest absolute Gasteiger partial charge is 0.493 e. The number of nitro benzene ring substituents is 1. The predicted octanol–water partition coefficient (Wildman–Crippen LogP) is 3.41. The molecule has 0 fully saturated rings. The number of nitrogens with one attached hydrogen (secondary N) is 1. The van der Waals surface area contributed by atoms with Crippen LogP contribution in [0.4, 0.5) is 11.4 Å². The number of anilines is 1. The average molecular weight is 348 g/mol. The summed E-state index contributed by atoms with van der Waals surface area (Å²) in [7, 11) is 4.57. The maximum Gasteiger partial charge on any atom is 0.269 e. The first-order chi connectivity index (χ1) is 11.5. The number of benzene rings is 2. The second-order valence-corrected chi connectivity index (χ2v) is 5.08. The lowest BCUT2D eigenvalue weighted by Crippen LogP contribution is -2.11. The molecule has 0 bridgehead atoms. The van der Waals surface area contributed by atoms with E-state index in [0.29, 0.717) is 33.5 Å². The Morgan fingerprint density at radius 2 is 1.58 bits per heavy atom. The first-order valence-electron chi connectivity index (χ1n) is 6.86. The van der Waals surface area contributed by atoms with Gasteiger partial charge < -0.3 is 19.5 Å². The minimum Gasteiger partial charge on any atom is -0.493 e. The van der Waals surface area contributed by atoms with E-state index >= 15 is 0 Å². The van der Waals surface area contributed by atoms with Gasteiger partial charge >= 0.3 is 0 Å². The van der Waals surface area contributed by atoms with E-state index in [9.17, 15) is 10.1 Å². The monoisotopic (exact) mass is 348 g/mol. The Morgan fingerprint density at radius 3 is 2.00 bits per heavy atom. The Bertz CT molecular complexity index is 737. The zero-order valence-electron chi connectivity index (χ0n) is 13.4. The van der Waals surface area contributed by atoms with E-state index in [1.165, 1.54) is 33.5 Å². The van der Waals surface area contributed by atoms with Crippen molar-refractivity contribution < 1.29 is 19.1 Å². The third kappa shape index (κ3) is 3.72. The van der Waals surface area contributed by atoms with Gasteiger partial charge in [-0.15, -0.1) is 0 Å². The first kappa shape index (κ1) is 17.5. The number of methoxy groups -OCH3 is 3. The molecule has 0 spiro atoms. The molecule has 1 N–H and O–H groups in total. The Labute approximate surface area is 144 Å². The number of nitrogens with zero attached hydrogens (tertiary/aromatic N) is 1. The molecule has 0 aromatic heterocycles. The quantitative estimate of drug-likeness (QED) is 0.486. The topological polar surface area (TPSA) is 82.9 Å². The summed E-state index contributed by atoms with van der Waals surface area (Å²) in [6.07, 6.45) is 0. The second kappa shape index (κ2) is 7.60. The van der Waals surface area contributed by atoms with Crippen molar-refractivity contribution in [2.75, 3.05) is 26.6 Å². The predicted molar refractivity (Wildman–Crippen MR) is 94.5 cm³/mol. The zero-order valence-corrected chi connectivity index (χ0v) is 14.2. The van der Waals surface area contributed by atoms with Crippen LogP contribution in [0.5, 0.6) is 17.2 Å². The summed E-state index contributed by atoms with van der Waals surface area (Å²) in [6, 6.07) is 9.42. The second-order valence-electron chi connectivity index (χ2n) is 4.67. The van der Waals surface area contributed by atoms with Gasteiger partial charge in [0.05, 0.1) is 26.3 Å². The fourth-order valence-electron chi connectivity index (χ4n) is 2.09. The van der Waals surface area contributed by atoms with E-state index in [1.54, 1.807) is 24.3 Å². The molecule has 0 unspecified atom stereocenters. The molecule has 0 atom stereocenters. The van der Waals surface area contributed by atoms with Gasteiger partial charge in [-0.2, -0.15) is 0 Å². The van der Waals surface area contributed by atoms with E-state index in [0.717, 1.165) is 0 Å². The van der Waals surface area contributed by atoms with Crippen LogP contribution in [0, 0.1) is 10.1 Å². The van der Waals surface area contributed by atoms with Crippen LogP contribution < -0.4 is 19.5 Å². The summed E-state index contributed by atoms with van der Waals surface area (Å²) in [5.74, 6) is 1.46. The van der Waals surface area contributed by atoms with Crippen LogP contribution in [0.15, 0.2) is 36.4 Å². The highest BCUT2D eigenvalue weighted by atomic mass is 32.1. The molecule has 0 aliphatic carbocycles. The number of hydrogen-bond donors (Lipinski definition) is 1. The molecular weight excluding hydrogens is 332 g/mol. The molecule has 2 rings (SSSR count). The van der Waals surface area contributed by atoms with Gasteiger partial charge in [0.2, 0.25) is 5.75 Å². The van der Waals surface area contributed by atoms with Gasteiger partial charge in [-0.1, -0.05) is 12.2 Å². The molecule has 8 heteroatoms. The van der Waals surface area contributed by atoms with Gasteiger partial charge in [0, 0.05) is 35.5 Å².